The normalized spacial score (nSPS) is 13.8. The quantitative estimate of drug-likeness (QED) is 0.585. The van der Waals surface area contributed by atoms with Crippen LogP contribution in [-0.2, 0) is 12.8 Å². The van der Waals surface area contributed by atoms with Gasteiger partial charge in [-0.1, -0.05) is 42.5 Å². The van der Waals surface area contributed by atoms with Crippen LogP contribution in [0.3, 0.4) is 0 Å². The number of fused-ring (bicyclic) bond motifs is 3. The van der Waals surface area contributed by atoms with Crippen LogP contribution in [0.25, 0.3) is 11.1 Å². The number of hydrogen-bond acceptors (Lipinski definition) is 1. The van der Waals surface area contributed by atoms with Crippen molar-refractivity contribution in [2.45, 2.75) is 18.9 Å². The molecule has 0 radical (unpaired) electrons. The largest absolute Gasteiger partial charge is 0.388 e. The number of H-pyrrole nitrogens is 1. The van der Waals surface area contributed by atoms with Gasteiger partial charge >= 0.3 is 0 Å². The predicted octanol–water partition coefficient (Wildman–Crippen LogP) is 3.86. The van der Waals surface area contributed by atoms with Crippen molar-refractivity contribution in [3.05, 3.63) is 83.2 Å². The number of aromatic nitrogens is 1. The van der Waals surface area contributed by atoms with Gasteiger partial charge in [0.25, 0.3) is 0 Å². The summed E-state index contributed by atoms with van der Waals surface area (Å²) >= 11 is 0. The van der Waals surface area contributed by atoms with Crippen LogP contribution >= 0.6 is 0 Å². The SMILES string of the molecule is OC(Cc1ccc[nH]1)c1cccc2c1Cc1ccccc1-2. The molecule has 0 spiro atoms. The van der Waals surface area contributed by atoms with Crippen LogP contribution in [-0.4, -0.2) is 10.1 Å². The van der Waals surface area contributed by atoms with Crippen molar-refractivity contribution in [1.29, 1.82) is 0 Å². The number of nitrogens with one attached hydrogen (secondary N) is 1. The van der Waals surface area contributed by atoms with Gasteiger partial charge in [-0.25, -0.2) is 0 Å². The van der Waals surface area contributed by atoms with E-state index in [1.165, 1.54) is 22.3 Å². The molecule has 3 aromatic rings. The number of aliphatic hydroxyl groups excluding tert-OH is 1. The topological polar surface area (TPSA) is 36.0 Å². The molecule has 2 N–H and O–H groups in total. The first-order chi connectivity index (χ1) is 10.3. The van der Waals surface area contributed by atoms with Crippen LogP contribution in [0.15, 0.2) is 60.8 Å². The van der Waals surface area contributed by atoms with Gasteiger partial charge in [0.05, 0.1) is 6.10 Å². The van der Waals surface area contributed by atoms with E-state index in [0.717, 1.165) is 17.7 Å². The van der Waals surface area contributed by atoms with Crippen LogP contribution in [0.5, 0.6) is 0 Å². The van der Waals surface area contributed by atoms with E-state index in [9.17, 15) is 5.11 Å². The number of rotatable bonds is 3. The molecule has 1 aromatic heterocycles. The molecule has 1 aliphatic rings. The molecule has 0 amide bonds. The summed E-state index contributed by atoms with van der Waals surface area (Å²) in [5.74, 6) is 0. The summed E-state index contributed by atoms with van der Waals surface area (Å²) in [6.07, 6.45) is 2.98. The molecule has 0 saturated carbocycles. The van der Waals surface area contributed by atoms with Crippen LogP contribution in [0.2, 0.25) is 0 Å². The van der Waals surface area contributed by atoms with Gasteiger partial charge in [0.1, 0.15) is 0 Å². The first kappa shape index (κ1) is 12.4. The van der Waals surface area contributed by atoms with Gasteiger partial charge in [-0.15, -0.1) is 0 Å². The van der Waals surface area contributed by atoms with Crippen molar-refractivity contribution in [3.63, 3.8) is 0 Å². The molecule has 1 aliphatic carbocycles. The van der Waals surface area contributed by atoms with Crippen molar-refractivity contribution in [1.82, 2.24) is 4.98 Å². The fourth-order valence-corrected chi connectivity index (χ4v) is 3.31. The van der Waals surface area contributed by atoms with Crippen LogP contribution < -0.4 is 0 Å². The van der Waals surface area contributed by atoms with E-state index in [1.807, 2.05) is 24.4 Å². The van der Waals surface area contributed by atoms with Gasteiger partial charge in [-0.2, -0.15) is 0 Å². The van der Waals surface area contributed by atoms with Gasteiger partial charge in [0.2, 0.25) is 0 Å². The number of hydrogen-bond donors (Lipinski definition) is 2. The Morgan fingerprint density at radius 1 is 0.952 bits per heavy atom. The van der Waals surface area contributed by atoms with Gasteiger partial charge in [0, 0.05) is 18.3 Å². The van der Waals surface area contributed by atoms with Gasteiger partial charge in [-0.3, -0.25) is 0 Å². The fraction of sp³-hybridized carbons (Fsp3) is 0.158. The Balaban J connectivity index is 1.72. The van der Waals surface area contributed by atoms with Crippen molar-refractivity contribution < 1.29 is 5.11 Å². The maximum atomic E-state index is 10.6. The molecule has 0 fully saturated rings. The Kier molecular flexibility index (Phi) is 2.90. The first-order valence-corrected chi connectivity index (χ1v) is 7.33. The van der Waals surface area contributed by atoms with Gasteiger partial charge in [0.15, 0.2) is 0 Å². The smallest absolute Gasteiger partial charge is 0.0847 e. The molecule has 4 rings (SSSR count). The van der Waals surface area contributed by atoms with E-state index in [-0.39, 0.29) is 0 Å². The van der Waals surface area contributed by atoms with E-state index in [2.05, 4.69) is 41.4 Å². The van der Waals surface area contributed by atoms with E-state index in [4.69, 9.17) is 0 Å². The van der Waals surface area contributed by atoms with Crippen LogP contribution in [0.1, 0.15) is 28.5 Å². The summed E-state index contributed by atoms with van der Waals surface area (Å²) in [7, 11) is 0. The molecule has 1 atom stereocenters. The standard InChI is InChI=1S/C19H17NO/c21-19(12-14-6-4-10-20-14)17-9-3-8-16-15-7-2-1-5-13(15)11-18(16)17/h1-10,19-21H,11-12H2. The van der Waals surface area contributed by atoms with E-state index < -0.39 is 6.10 Å². The third-order valence-electron chi connectivity index (χ3n) is 4.32. The monoisotopic (exact) mass is 275 g/mol. The molecule has 1 unspecified atom stereocenters. The Labute approximate surface area is 124 Å². The molecular weight excluding hydrogens is 258 g/mol. The molecule has 104 valence electrons. The van der Waals surface area contributed by atoms with Crippen molar-refractivity contribution >= 4 is 0 Å². The molecule has 1 heterocycles. The Morgan fingerprint density at radius 2 is 1.81 bits per heavy atom. The summed E-state index contributed by atoms with van der Waals surface area (Å²) in [6.45, 7) is 0. The summed E-state index contributed by atoms with van der Waals surface area (Å²) < 4.78 is 0. The molecule has 0 saturated heterocycles. The molecular formula is C19H17NO. The predicted molar refractivity (Wildman–Crippen MR) is 84.1 cm³/mol. The van der Waals surface area contributed by atoms with E-state index in [0.29, 0.717) is 6.42 Å². The third-order valence-corrected chi connectivity index (χ3v) is 4.32. The summed E-state index contributed by atoms with van der Waals surface area (Å²) in [4.78, 5) is 3.16. The highest BCUT2D eigenvalue weighted by Crippen LogP contribution is 2.40. The Bertz CT molecular complexity index is 774. The minimum atomic E-state index is -0.465. The molecule has 2 nitrogen and oxygen atoms in total. The molecule has 2 aromatic carbocycles. The average Bonchev–Trinajstić information content (AvgIpc) is 3.13. The molecule has 0 bridgehead atoms. The molecule has 2 heteroatoms. The second-order valence-electron chi connectivity index (χ2n) is 5.62. The molecule has 21 heavy (non-hydrogen) atoms. The Morgan fingerprint density at radius 3 is 2.67 bits per heavy atom. The minimum Gasteiger partial charge on any atom is -0.388 e. The van der Waals surface area contributed by atoms with Crippen LogP contribution in [0.4, 0.5) is 0 Å². The second kappa shape index (κ2) is 4.90. The second-order valence-corrected chi connectivity index (χ2v) is 5.62. The maximum Gasteiger partial charge on any atom is 0.0847 e. The van der Waals surface area contributed by atoms with Crippen molar-refractivity contribution in [2.75, 3.05) is 0 Å². The average molecular weight is 275 g/mol. The first-order valence-electron chi connectivity index (χ1n) is 7.33. The van der Waals surface area contributed by atoms with Crippen molar-refractivity contribution in [2.24, 2.45) is 0 Å². The van der Waals surface area contributed by atoms with Gasteiger partial charge in [-0.05, 0) is 46.4 Å². The minimum absolute atomic E-state index is 0.465. The zero-order valence-corrected chi connectivity index (χ0v) is 11.7. The molecule has 0 aliphatic heterocycles. The third kappa shape index (κ3) is 2.08. The highest BCUT2D eigenvalue weighted by Gasteiger charge is 2.23. The zero-order chi connectivity index (χ0) is 14.2. The summed E-state index contributed by atoms with van der Waals surface area (Å²) in [5.41, 5.74) is 7.33. The number of benzene rings is 2. The van der Waals surface area contributed by atoms with Gasteiger partial charge < -0.3 is 10.1 Å². The maximum absolute atomic E-state index is 10.6. The number of aliphatic hydroxyl groups is 1. The Hall–Kier alpha value is -2.32. The highest BCUT2D eigenvalue weighted by atomic mass is 16.3. The zero-order valence-electron chi connectivity index (χ0n) is 11.7. The fourth-order valence-electron chi connectivity index (χ4n) is 3.31. The lowest BCUT2D eigenvalue weighted by Crippen LogP contribution is -2.05. The van der Waals surface area contributed by atoms with Crippen LogP contribution in [0, 0.1) is 0 Å². The highest BCUT2D eigenvalue weighted by molar-refractivity contribution is 5.78. The number of aromatic amines is 1. The van der Waals surface area contributed by atoms with E-state index >= 15 is 0 Å². The van der Waals surface area contributed by atoms with Crippen molar-refractivity contribution in [3.8, 4) is 11.1 Å². The summed E-state index contributed by atoms with van der Waals surface area (Å²) in [6, 6.07) is 18.8. The lowest BCUT2D eigenvalue weighted by Gasteiger charge is -2.14. The van der Waals surface area contributed by atoms with E-state index in [1.54, 1.807) is 0 Å². The lowest BCUT2D eigenvalue weighted by atomic mass is 9.95. The summed E-state index contributed by atoms with van der Waals surface area (Å²) in [5, 5.41) is 10.6. The lowest BCUT2D eigenvalue weighted by molar-refractivity contribution is 0.176.